The first-order chi connectivity index (χ1) is 23.3. The molecule has 49 heavy (non-hydrogen) atoms. The SMILES string of the molecule is CC(C)C(OC(=O)Nc1ccc(Oc2ccccc2)cc1)C(=O)NC(Cc1ccc(-c2ccccc2)cc1)C(O)CCN1CC[N-]CC1.[Ac]. The first kappa shape index (κ1) is 38.5. The Kier molecular flexibility index (Phi) is 15.6. The summed E-state index contributed by atoms with van der Waals surface area (Å²) in [6.07, 6.45) is -1.70. The number of carbonyl (C=O) groups is 2. The van der Waals surface area contributed by atoms with Gasteiger partial charge in [-0.1, -0.05) is 86.6 Å². The summed E-state index contributed by atoms with van der Waals surface area (Å²) in [7, 11) is 0. The number of aliphatic hydroxyl groups is 1. The third kappa shape index (κ3) is 12.2. The van der Waals surface area contributed by atoms with Crippen LogP contribution in [-0.2, 0) is 16.0 Å². The van der Waals surface area contributed by atoms with Gasteiger partial charge in [0.05, 0.1) is 12.1 Å². The molecule has 2 amide bonds. The zero-order valence-electron chi connectivity index (χ0n) is 28.2. The van der Waals surface area contributed by atoms with Gasteiger partial charge in [0.1, 0.15) is 11.5 Å². The van der Waals surface area contributed by atoms with Gasteiger partial charge < -0.3 is 30.1 Å². The number of rotatable bonds is 14. The number of nitrogens with zero attached hydrogens (tertiary/aromatic N) is 2. The first-order valence-corrected chi connectivity index (χ1v) is 16.6. The fraction of sp³-hybridized carbons (Fsp3) is 0.333. The Morgan fingerprint density at radius 2 is 1.41 bits per heavy atom. The number of benzene rings is 4. The number of nitrogens with one attached hydrogen (secondary N) is 2. The van der Waals surface area contributed by atoms with Crippen LogP contribution in [-0.4, -0.2) is 73.0 Å². The van der Waals surface area contributed by atoms with Crippen molar-refractivity contribution in [3.8, 4) is 22.6 Å². The van der Waals surface area contributed by atoms with Crippen LogP contribution in [0.4, 0.5) is 10.5 Å². The zero-order chi connectivity index (χ0) is 33.7. The standard InChI is InChI=1S/C39H45N4O5.Ac/c1-28(2)37(48-39(46)41-32-17-19-34(20-18-32)47-33-11-7-4-8-12-33)38(45)42-35(36(44)21-24-43-25-22-40-23-26-43)27-29-13-15-31(16-14-29)30-9-5-3-6-10-30;/h3-20,28,35-37,44H,21-27H2,1-2H3,(H,41,46)(H,42,45);/q-1;. The zero-order valence-corrected chi connectivity index (χ0v) is 32.9. The van der Waals surface area contributed by atoms with E-state index in [0.717, 1.165) is 42.9 Å². The number of hydrogen-bond acceptors (Lipinski definition) is 6. The minimum Gasteiger partial charge on any atom is -0.660 e. The summed E-state index contributed by atoms with van der Waals surface area (Å²) < 4.78 is 11.5. The van der Waals surface area contributed by atoms with Gasteiger partial charge in [0.25, 0.3) is 5.91 Å². The first-order valence-electron chi connectivity index (χ1n) is 16.6. The molecule has 0 aromatic heterocycles. The monoisotopic (exact) mass is 876 g/mol. The van der Waals surface area contributed by atoms with Gasteiger partial charge in [-0.15, -0.1) is 13.1 Å². The van der Waals surface area contributed by atoms with Gasteiger partial charge in [-0.05, 0) is 84.9 Å². The summed E-state index contributed by atoms with van der Waals surface area (Å²) in [5.74, 6) is 0.568. The van der Waals surface area contributed by atoms with E-state index in [4.69, 9.17) is 9.47 Å². The van der Waals surface area contributed by atoms with Crippen molar-refractivity contribution in [3.63, 3.8) is 0 Å². The van der Waals surface area contributed by atoms with Crippen LogP contribution in [0.2, 0.25) is 0 Å². The molecule has 1 saturated heterocycles. The Morgan fingerprint density at radius 3 is 2.04 bits per heavy atom. The Morgan fingerprint density at radius 1 is 0.816 bits per heavy atom. The number of hydrogen-bond donors (Lipinski definition) is 3. The summed E-state index contributed by atoms with van der Waals surface area (Å²) in [5, 5.41) is 21.5. The Balaban J connectivity index is 0.00000541. The molecule has 4 aromatic carbocycles. The quantitative estimate of drug-likeness (QED) is 0.127. The molecule has 5 rings (SSSR count). The van der Waals surface area contributed by atoms with Crippen LogP contribution in [0, 0.1) is 50.0 Å². The second-order valence-electron chi connectivity index (χ2n) is 12.4. The molecule has 1 radical (unpaired) electrons. The Bertz CT molecular complexity index is 1570. The van der Waals surface area contributed by atoms with Crippen molar-refractivity contribution in [2.24, 2.45) is 5.92 Å². The topological polar surface area (TPSA) is 114 Å². The normalized spacial score (nSPS) is 14.9. The van der Waals surface area contributed by atoms with Crippen molar-refractivity contribution >= 4 is 17.7 Å². The van der Waals surface area contributed by atoms with Crippen molar-refractivity contribution in [1.29, 1.82) is 0 Å². The number of piperazine rings is 1. The van der Waals surface area contributed by atoms with Crippen LogP contribution < -0.4 is 15.4 Å². The molecule has 0 saturated carbocycles. The van der Waals surface area contributed by atoms with E-state index < -0.39 is 30.3 Å². The van der Waals surface area contributed by atoms with E-state index in [0.29, 0.717) is 36.6 Å². The molecule has 0 spiro atoms. The van der Waals surface area contributed by atoms with Gasteiger partial charge in [-0.25, -0.2) is 4.79 Å². The van der Waals surface area contributed by atoms with Gasteiger partial charge >= 0.3 is 6.09 Å². The molecular formula is C39H45AcN4O5-. The molecule has 4 aromatic rings. The third-order valence-electron chi connectivity index (χ3n) is 8.38. The number of ether oxygens (including phenoxy) is 2. The van der Waals surface area contributed by atoms with E-state index >= 15 is 0 Å². The van der Waals surface area contributed by atoms with Crippen molar-refractivity contribution in [3.05, 3.63) is 120 Å². The Labute approximate surface area is 325 Å². The summed E-state index contributed by atoms with van der Waals surface area (Å²) in [6, 6.07) is 34.0. The predicted molar refractivity (Wildman–Crippen MR) is 189 cm³/mol. The fourth-order valence-electron chi connectivity index (χ4n) is 5.64. The van der Waals surface area contributed by atoms with Gasteiger partial charge in [-0.2, -0.15) is 0 Å². The molecule has 0 aliphatic carbocycles. The van der Waals surface area contributed by atoms with E-state index in [1.54, 1.807) is 24.3 Å². The molecule has 3 unspecified atom stereocenters. The maximum absolute atomic E-state index is 13.7. The molecule has 1 aliphatic rings. The van der Waals surface area contributed by atoms with E-state index in [1.807, 2.05) is 74.5 Å². The van der Waals surface area contributed by atoms with Crippen molar-refractivity contribution in [2.45, 2.75) is 44.9 Å². The van der Waals surface area contributed by atoms with Gasteiger partial charge in [0.15, 0.2) is 6.10 Å². The third-order valence-corrected chi connectivity index (χ3v) is 8.38. The fourth-order valence-corrected chi connectivity index (χ4v) is 5.64. The molecule has 0 bridgehead atoms. The summed E-state index contributed by atoms with van der Waals surface area (Å²) in [6.45, 7) is 7.68. The second kappa shape index (κ2) is 19.8. The molecule has 9 nitrogen and oxygen atoms in total. The van der Waals surface area contributed by atoms with Gasteiger partial charge in [0, 0.05) is 56.3 Å². The summed E-state index contributed by atoms with van der Waals surface area (Å²) in [5.41, 5.74) is 3.69. The number of carbonyl (C=O) groups excluding carboxylic acids is 2. The van der Waals surface area contributed by atoms with Crippen LogP contribution in [0.25, 0.3) is 16.4 Å². The average Bonchev–Trinajstić information content (AvgIpc) is 3.11. The average molecular weight is 877 g/mol. The molecule has 1 fully saturated rings. The second-order valence-corrected chi connectivity index (χ2v) is 12.4. The van der Waals surface area contributed by atoms with E-state index in [9.17, 15) is 14.7 Å². The number of amides is 2. The summed E-state index contributed by atoms with van der Waals surface area (Å²) in [4.78, 5) is 28.9. The van der Waals surface area contributed by atoms with Gasteiger partial charge in [0.2, 0.25) is 0 Å². The smallest absolute Gasteiger partial charge is 0.412 e. The minimum absolute atomic E-state index is 0. The van der Waals surface area contributed by atoms with Crippen molar-refractivity contribution < 1.29 is 68.2 Å². The molecular weight excluding hydrogens is 831 g/mol. The van der Waals surface area contributed by atoms with E-state index in [1.165, 1.54) is 0 Å². The maximum Gasteiger partial charge on any atom is 0.412 e. The maximum atomic E-state index is 13.7. The number of anilines is 1. The van der Waals surface area contributed by atoms with Crippen molar-refractivity contribution in [1.82, 2.24) is 10.2 Å². The predicted octanol–water partition coefficient (Wildman–Crippen LogP) is 6.89. The molecule has 1 aliphatic heterocycles. The van der Waals surface area contributed by atoms with Crippen LogP contribution in [0.15, 0.2) is 109 Å². The van der Waals surface area contributed by atoms with Crippen LogP contribution in [0.5, 0.6) is 11.5 Å². The van der Waals surface area contributed by atoms with Crippen LogP contribution in [0.1, 0.15) is 25.8 Å². The van der Waals surface area contributed by atoms with Crippen molar-refractivity contribution in [2.75, 3.05) is 38.0 Å². The molecule has 1 heterocycles. The molecule has 10 heteroatoms. The molecule has 3 atom stereocenters. The van der Waals surface area contributed by atoms with Crippen LogP contribution >= 0.6 is 0 Å². The number of para-hydroxylation sites is 1. The summed E-state index contributed by atoms with van der Waals surface area (Å²) >= 11 is 0. The molecule has 255 valence electrons. The van der Waals surface area contributed by atoms with E-state index in [-0.39, 0.29) is 50.0 Å². The number of aliphatic hydroxyl groups excluding tert-OH is 1. The van der Waals surface area contributed by atoms with Crippen LogP contribution in [0.3, 0.4) is 0 Å². The molecule has 3 N–H and O–H groups in total. The minimum atomic E-state index is -1.07. The Hall–Kier alpha value is -3.26. The largest absolute Gasteiger partial charge is 0.660 e. The van der Waals surface area contributed by atoms with Gasteiger partial charge in [-0.3, -0.25) is 10.1 Å². The van der Waals surface area contributed by atoms with E-state index in [2.05, 4.69) is 45.1 Å².